The van der Waals surface area contributed by atoms with Gasteiger partial charge in [-0.2, -0.15) is 23.7 Å². The zero-order valence-corrected chi connectivity index (χ0v) is 7.43. The number of rotatable bonds is 8. The zero-order valence-electron chi connectivity index (χ0n) is 6.62. The standard InChI is InChI=1S/C4H14N4O3S/c5-1-3-7-10-12(9)11-8-4-2-6/h7-8H,1-6H2. The quantitative estimate of drug-likeness (QED) is 0.252. The van der Waals surface area contributed by atoms with Crippen LogP contribution >= 0.6 is 0 Å². The number of nitrogens with two attached hydrogens (primary N) is 2. The highest BCUT2D eigenvalue weighted by Gasteiger charge is 1.98. The molecule has 0 saturated carbocycles. The summed E-state index contributed by atoms with van der Waals surface area (Å²) in [6.07, 6.45) is 0. The molecule has 8 heteroatoms. The lowest BCUT2D eigenvalue weighted by molar-refractivity contribution is 0.139. The zero-order chi connectivity index (χ0) is 9.23. The van der Waals surface area contributed by atoms with E-state index in [1.165, 1.54) is 0 Å². The third kappa shape index (κ3) is 8.01. The van der Waals surface area contributed by atoms with Crippen molar-refractivity contribution in [2.75, 3.05) is 26.2 Å². The fourth-order valence-corrected chi connectivity index (χ4v) is 0.708. The van der Waals surface area contributed by atoms with E-state index in [0.29, 0.717) is 26.2 Å². The van der Waals surface area contributed by atoms with Gasteiger partial charge >= 0.3 is 11.4 Å². The van der Waals surface area contributed by atoms with E-state index in [2.05, 4.69) is 19.5 Å². The maximum absolute atomic E-state index is 10.7. The molecule has 0 amide bonds. The van der Waals surface area contributed by atoms with Gasteiger partial charge in [-0.1, -0.05) is 0 Å². The lowest BCUT2D eigenvalue weighted by atomic mass is 10.7. The van der Waals surface area contributed by atoms with Crippen molar-refractivity contribution in [1.29, 1.82) is 0 Å². The average molecular weight is 198 g/mol. The third-order valence-electron chi connectivity index (χ3n) is 0.747. The lowest BCUT2D eigenvalue weighted by Gasteiger charge is -2.03. The molecule has 0 aromatic carbocycles. The Morgan fingerprint density at radius 1 is 1.08 bits per heavy atom. The molecule has 0 aliphatic heterocycles. The summed E-state index contributed by atoms with van der Waals surface area (Å²) in [6, 6.07) is 0. The van der Waals surface area contributed by atoms with Crippen molar-refractivity contribution in [2.24, 2.45) is 11.5 Å². The molecule has 0 atom stereocenters. The van der Waals surface area contributed by atoms with Crippen LogP contribution in [0.3, 0.4) is 0 Å². The van der Waals surface area contributed by atoms with Gasteiger partial charge in [0.05, 0.1) is 0 Å². The number of hydrogen-bond donors (Lipinski definition) is 4. The molecule has 0 fully saturated rings. The molecule has 6 N–H and O–H groups in total. The summed E-state index contributed by atoms with van der Waals surface area (Å²) < 4.78 is 19.5. The molecule has 7 nitrogen and oxygen atoms in total. The highest BCUT2D eigenvalue weighted by atomic mass is 32.2. The second-order valence-corrected chi connectivity index (χ2v) is 2.48. The van der Waals surface area contributed by atoms with E-state index in [9.17, 15) is 4.21 Å². The van der Waals surface area contributed by atoms with Gasteiger partial charge in [0.1, 0.15) is 0 Å². The minimum absolute atomic E-state index is 0.396. The van der Waals surface area contributed by atoms with Gasteiger partial charge in [-0.05, 0) is 0 Å². The predicted molar refractivity (Wildman–Crippen MR) is 44.4 cm³/mol. The van der Waals surface area contributed by atoms with Crippen LogP contribution in [0.2, 0.25) is 0 Å². The van der Waals surface area contributed by atoms with Gasteiger partial charge in [0.15, 0.2) is 0 Å². The third-order valence-corrected chi connectivity index (χ3v) is 1.25. The van der Waals surface area contributed by atoms with Crippen molar-refractivity contribution in [3.8, 4) is 0 Å². The molecule has 0 aliphatic carbocycles. The molecule has 0 aromatic rings. The molecule has 74 valence electrons. The second kappa shape index (κ2) is 9.00. The maximum atomic E-state index is 10.7. The summed E-state index contributed by atoms with van der Waals surface area (Å²) in [7, 11) is 0. The molecule has 0 radical (unpaired) electrons. The Morgan fingerprint density at radius 2 is 1.50 bits per heavy atom. The fraction of sp³-hybridized carbons (Fsp3) is 1.00. The van der Waals surface area contributed by atoms with E-state index in [1.807, 2.05) is 0 Å². The van der Waals surface area contributed by atoms with Crippen molar-refractivity contribution in [2.45, 2.75) is 0 Å². The molecule has 0 unspecified atom stereocenters. The van der Waals surface area contributed by atoms with E-state index in [0.717, 1.165) is 0 Å². The van der Waals surface area contributed by atoms with Gasteiger partial charge in [0.25, 0.3) is 0 Å². The van der Waals surface area contributed by atoms with E-state index >= 15 is 0 Å². The van der Waals surface area contributed by atoms with Crippen molar-refractivity contribution >= 4 is 11.4 Å². The Kier molecular flexibility index (Phi) is 8.93. The van der Waals surface area contributed by atoms with Gasteiger partial charge in [0, 0.05) is 26.2 Å². The topological polar surface area (TPSA) is 112 Å². The first-order valence-corrected chi connectivity index (χ1v) is 4.43. The Hall–Kier alpha value is -0.0900. The largest absolute Gasteiger partial charge is 0.340 e. The smallest absolute Gasteiger partial charge is 0.329 e. The molecule has 0 rings (SSSR count). The number of hydroxylamine groups is 2. The van der Waals surface area contributed by atoms with Crippen molar-refractivity contribution in [3.63, 3.8) is 0 Å². The van der Waals surface area contributed by atoms with E-state index in [1.54, 1.807) is 0 Å². The predicted octanol–water partition coefficient (Wildman–Crippen LogP) is -2.48. The fourth-order valence-electron chi connectivity index (χ4n) is 0.314. The molecule has 0 aromatic heterocycles. The summed E-state index contributed by atoms with van der Waals surface area (Å²) >= 11 is -1.86. The average Bonchev–Trinajstić information content (AvgIpc) is 2.06. The molecule has 12 heavy (non-hydrogen) atoms. The first-order chi connectivity index (χ1) is 5.81. The van der Waals surface area contributed by atoms with Gasteiger partial charge in [-0.15, -0.1) is 0 Å². The van der Waals surface area contributed by atoms with Gasteiger partial charge in [-0.25, -0.2) is 0 Å². The van der Waals surface area contributed by atoms with Crippen molar-refractivity contribution in [3.05, 3.63) is 0 Å². The van der Waals surface area contributed by atoms with E-state index in [4.69, 9.17) is 11.5 Å². The molecule has 0 aliphatic rings. The van der Waals surface area contributed by atoms with Gasteiger partial charge in [-0.3, -0.25) is 0 Å². The van der Waals surface area contributed by atoms with Crippen LogP contribution in [0.5, 0.6) is 0 Å². The Bertz CT molecular complexity index is 113. The van der Waals surface area contributed by atoms with Crippen molar-refractivity contribution < 1.29 is 12.8 Å². The SMILES string of the molecule is NCCNOS(=O)ONCCN. The van der Waals surface area contributed by atoms with Crippen LogP contribution in [0.15, 0.2) is 0 Å². The van der Waals surface area contributed by atoms with Crippen LogP contribution in [0.1, 0.15) is 0 Å². The Morgan fingerprint density at radius 3 is 1.83 bits per heavy atom. The highest BCUT2D eigenvalue weighted by Crippen LogP contribution is 1.79. The minimum atomic E-state index is -1.86. The summed E-state index contributed by atoms with van der Waals surface area (Å²) in [5, 5.41) is 0. The summed E-state index contributed by atoms with van der Waals surface area (Å²) in [4.78, 5) is 0. The van der Waals surface area contributed by atoms with Crippen LogP contribution in [-0.2, 0) is 19.9 Å². The molecule has 0 spiro atoms. The van der Waals surface area contributed by atoms with E-state index in [-0.39, 0.29) is 0 Å². The summed E-state index contributed by atoms with van der Waals surface area (Å²) in [5.74, 6) is 0. The molecule has 0 bridgehead atoms. The minimum Gasteiger partial charge on any atom is -0.329 e. The summed E-state index contributed by atoms with van der Waals surface area (Å²) in [5.41, 5.74) is 14.9. The first-order valence-electron chi connectivity index (χ1n) is 3.43. The number of nitrogens with one attached hydrogen (secondary N) is 2. The van der Waals surface area contributed by atoms with Crippen LogP contribution in [0.4, 0.5) is 0 Å². The summed E-state index contributed by atoms with van der Waals surface area (Å²) in [6.45, 7) is 1.61. The monoisotopic (exact) mass is 198 g/mol. The van der Waals surface area contributed by atoms with Crippen molar-refractivity contribution in [1.82, 2.24) is 11.0 Å². The van der Waals surface area contributed by atoms with Crippen LogP contribution < -0.4 is 22.4 Å². The number of hydrogen-bond acceptors (Lipinski definition) is 7. The maximum Gasteiger partial charge on any atom is 0.340 e. The van der Waals surface area contributed by atoms with Gasteiger partial charge < -0.3 is 11.5 Å². The normalized spacial score (nSPS) is 10.9. The molecule has 0 heterocycles. The van der Waals surface area contributed by atoms with Crippen LogP contribution in [0, 0.1) is 0 Å². The van der Waals surface area contributed by atoms with E-state index < -0.39 is 11.4 Å². The Labute approximate surface area is 73.5 Å². The Balaban J connectivity index is 3.10. The molecule has 0 saturated heterocycles. The van der Waals surface area contributed by atoms with Crippen LogP contribution in [0.25, 0.3) is 0 Å². The lowest BCUT2D eigenvalue weighted by Crippen LogP contribution is -2.28. The second-order valence-electron chi connectivity index (χ2n) is 1.74. The van der Waals surface area contributed by atoms with Gasteiger partial charge in [0.2, 0.25) is 0 Å². The first kappa shape index (κ1) is 11.9. The van der Waals surface area contributed by atoms with Crippen LogP contribution in [-0.4, -0.2) is 30.4 Å². The molecular formula is C4H14N4O3S. The molecular weight excluding hydrogens is 184 g/mol. The highest BCUT2D eigenvalue weighted by molar-refractivity contribution is 7.75.